The van der Waals surface area contributed by atoms with Crippen LogP contribution in [0.25, 0.3) is 0 Å². The summed E-state index contributed by atoms with van der Waals surface area (Å²) in [6.07, 6.45) is 6.08. The lowest BCUT2D eigenvalue weighted by atomic mass is 10.3. The number of carbonyl (C=O) groups excluding carboxylic acids is 1. The number of pyridine rings is 1. The van der Waals surface area contributed by atoms with E-state index in [4.69, 9.17) is 4.74 Å². The van der Waals surface area contributed by atoms with Crippen LogP contribution in [0.2, 0.25) is 0 Å². The molecule has 3 heterocycles. The molecular weight excluding hydrogens is 280 g/mol. The molecule has 0 radical (unpaired) electrons. The summed E-state index contributed by atoms with van der Waals surface area (Å²) in [5.41, 5.74) is 0.496. The van der Waals surface area contributed by atoms with Gasteiger partial charge in [0, 0.05) is 31.4 Å². The van der Waals surface area contributed by atoms with Gasteiger partial charge in [0.05, 0.1) is 12.7 Å². The number of likely N-dealkylation sites (tertiary alicyclic amines) is 1. The molecule has 1 atom stereocenters. The lowest BCUT2D eigenvalue weighted by molar-refractivity contribution is 0.0765. The van der Waals surface area contributed by atoms with Crippen molar-refractivity contribution in [3.05, 3.63) is 42.5 Å². The van der Waals surface area contributed by atoms with E-state index in [0.29, 0.717) is 18.8 Å². The Hall–Kier alpha value is -2.37. The molecule has 22 heavy (non-hydrogen) atoms. The van der Waals surface area contributed by atoms with Gasteiger partial charge in [-0.05, 0) is 32.0 Å². The molecule has 116 valence electrons. The predicted molar refractivity (Wildman–Crippen MR) is 81.8 cm³/mol. The molecule has 1 aliphatic heterocycles. The van der Waals surface area contributed by atoms with Crippen molar-refractivity contribution in [2.75, 3.05) is 13.1 Å². The van der Waals surface area contributed by atoms with Crippen molar-refractivity contribution < 1.29 is 9.53 Å². The van der Waals surface area contributed by atoms with E-state index in [0.717, 1.165) is 12.2 Å². The molecule has 2 aromatic rings. The summed E-state index contributed by atoms with van der Waals surface area (Å²) in [6, 6.07) is 5.74. The minimum atomic E-state index is -0.0308. The summed E-state index contributed by atoms with van der Waals surface area (Å²) >= 11 is 0. The summed E-state index contributed by atoms with van der Waals surface area (Å²) in [5, 5.41) is 4.34. The third-order valence-electron chi connectivity index (χ3n) is 3.73. The lowest BCUT2D eigenvalue weighted by Gasteiger charge is -2.16. The average molecular weight is 300 g/mol. The van der Waals surface area contributed by atoms with Gasteiger partial charge in [-0.2, -0.15) is 5.10 Å². The SMILES string of the molecule is CC(C)n1ccc(C(=O)N2CC[C@H](Oc3cccnc3)C2)n1. The van der Waals surface area contributed by atoms with Gasteiger partial charge in [-0.25, -0.2) is 0 Å². The Kier molecular flexibility index (Phi) is 4.09. The van der Waals surface area contributed by atoms with Crippen molar-refractivity contribution in [3.63, 3.8) is 0 Å². The Balaban J connectivity index is 1.60. The molecule has 0 bridgehead atoms. The largest absolute Gasteiger partial charge is 0.487 e. The normalized spacial score (nSPS) is 18.0. The third-order valence-corrected chi connectivity index (χ3v) is 3.73. The average Bonchev–Trinajstić information content (AvgIpc) is 3.17. The van der Waals surface area contributed by atoms with Crippen molar-refractivity contribution >= 4 is 5.91 Å². The molecule has 2 aromatic heterocycles. The molecule has 0 saturated carbocycles. The van der Waals surface area contributed by atoms with E-state index < -0.39 is 0 Å². The summed E-state index contributed by atoms with van der Waals surface area (Å²) < 4.78 is 7.65. The second-order valence-corrected chi connectivity index (χ2v) is 5.74. The maximum atomic E-state index is 12.5. The number of nitrogens with zero attached hydrogens (tertiary/aromatic N) is 4. The van der Waals surface area contributed by atoms with E-state index in [-0.39, 0.29) is 18.1 Å². The molecule has 1 fully saturated rings. The van der Waals surface area contributed by atoms with Crippen LogP contribution in [-0.4, -0.2) is 44.8 Å². The number of hydrogen-bond donors (Lipinski definition) is 0. The molecule has 0 N–H and O–H groups in total. The molecule has 1 saturated heterocycles. The summed E-state index contributed by atoms with van der Waals surface area (Å²) in [7, 11) is 0. The first-order valence-corrected chi connectivity index (χ1v) is 7.54. The molecule has 0 spiro atoms. The third kappa shape index (κ3) is 3.10. The van der Waals surface area contributed by atoms with Crippen LogP contribution in [-0.2, 0) is 0 Å². The Morgan fingerprint density at radius 3 is 2.95 bits per heavy atom. The van der Waals surface area contributed by atoms with Crippen molar-refractivity contribution in [3.8, 4) is 5.75 Å². The number of hydrogen-bond acceptors (Lipinski definition) is 4. The minimum absolute atomic E-state index is 0.0142. The standard InChI is InChI=1S/C16H20N4O2/c1-12(2)20-9-6-15(18-20)16(21)19-8-5-14(11-19)22-13-4-3-7-17-10-13/h3-4,6-7,9-10,12,14H,5,8,11H2,1-2H3/t14-/m0/s1. The van der Waals surface area contributed by atoms with Crippen LogP contribution in [0.5, 0.6) is 5.75 Å². The van der Waals surface area contributed by atoms with Crippen molar-refractivity contribution in [1.29, 1.82) is 0 Å². The second kappa shape index (κ2) is 6.17. The molecule has 3 rings (SSSR count). The van der Waals surface area contributed by atoms with E-state index in [2.05, 4.69) is 10.1 Å². The highest BCUT2D eigenvalue weighted by Gasteiger charge is 2.29. The van der Waals surface area contributed by atoms with Crippen molar-refractivity contribution in [1.82, 2.24) is 19.7 Å². The smallest absolute Gasteiger partial charge is 0.274 e. The molecule has 0 aliphatic carbocycles. The van der Waals surface area contributed by atoms with E-state index in [1.165, 1.54) is 0 Å². The summed E-state index contributed by atoms with van der Waals surface area (Å²) in [6.45, 7) is 5.35. The van der Waals surface area contributed by atoms with Gasteiger partial charge in [-0.3, -0.25) is 14.5 Å². The zero-order valence-corrected chi connectivity index (χ0v) is 12.8. The van der Waals surface area contributed by atoms with Crippen LogP contribution in [0.3, 0.4) is 0 Å². The summed E-state index contributed by atoms with van der Waals surface area (Å²) in [5.74, 6) is 0.711. The first kappa shape index (κ1) is 14.6. The van der Waals surface area contributed by atoms with Gasteiger partial charge < -0.3 is 9.64 Å². The van der Waals surface area contributed by atoms with Crippen molar-refractivity contribution in [2.45, 2.75) is 32.4 Å². The van der Waals surface area contributed by atoms with Gasteiger partial charge in [-0.15, -0.1) is 0 Å². The van der Waals surface area contributed by atoms with Crippen LogP contribution in [0.1, 0.15) is 36.8 Å². The number of amides is 1. The fourth-order valence-corrected chi connectivity index (χ4v) is 2.52. The fraction of sp³-hybridized carbons (Fsp3) is 0.438. The maximum absolute atomic E-state index is 12.5. The Morgan fingerprint density at radius 2 is 2.27 bits per heavy atom. The molecule has 1 amide bonds. The van der Waals surface area contributed by atoms with Gasteiger partial charge in [0.25, 0.3) is 5.91 Å². The topological polar surface area (TPSA) is 60.2 Å². The molecule has 0 unspecified atom stereocenters. The van der Waals surface area contributed by atoms with Gasteiger partial charge in [0.1, 0.15) is 17.5 Å². The minimum Gasteiger partial charge on any atom is -0.487 e. The highest BCUT2D eigenvalue weighted by Crippen LogP contribution is 2.19. The Bertz CT molecular complexity index is 639. The number of aromatic nitrogens is 3. The Labute approximate surface area is 129 Å². The molecule has 6 heteroatoms. The van der Waals surface area contributed by atoms with E-state index >= 15 is 0 Å². The van der Waals surface area contributed by atoms with E-state index in [1.807, 2.05) is 32.2 Å². The lowest BCUT2D eigenvalue weighted by Crippen LogP contribution is -2.31. The molecule has 1 aliphatic rings. The van der Waals surface area contributed by atoms with Gasteiger partial charge in [0.2, 0.25) is 0 Å². The number of rotatable bonds is 4. The van der Waals surface area contributed by atoms with Gasteiger partial charge in [-0.1, -0.05) is 0 Å². The van der Waals surface area contributed by atoms with Crippen LogP contribution in [0.15, 0.2) is 36.8 Å². The number of ether oxygens (including phenoxy) is 1. The van der Waals surface area contributed by atoms with Crippen molar-refractivity contribution in [2.24, 2.45) is 0 Å². The summed E-state index contributed by atoms with van der Waals surface area (Å²) in [4.78, 5) is 18.3. The zero-order chi connectivity index (χ0) is 15.5. The highest BCUT2D eigenvalue weighted by atomic mass is 16.5. The van der Waals surface area contributed by atoms with Crippen LogP contribution >= 0.6 is 0 Å². The van der Waals surface area contributed by atoms with Crippen LogP contribution < -0.4 is 4.74 Å². The first-order chi connectivity index (χ1) is 10.6. The fourth-order valence-electron chi connectivity index (χ4n) is 2.52. The highest BCUT2D eigenvalue weighted by molar-refractivity contribution is 5.92. The molecule has 6 nitrogen and oxygen atoms in total. The van der Waals surface area contributed by atoms with Crippen LogP contribution in [0.4, 0.5) is 0 Å². The molecular formula is C16H20N4O2. The Morgan fingerprint density at radius 1 is 1.41 bits per heavy atom. The second-order valence-electron chi connectivity index (χ2n) is 5.74. The zero-order valence-electron chi connectivity index (χ0n) is 12.8. The quantitative estimate of drug-likeness (QED) is 0.868. The predicted octanol–water partition coefficient (Wildman–Crippen LogP) is 2.15. The first-order valence-electron chi connectivity index (χ1n) is 7.54. The number of carbonyl (C=O) groups is 1. The monoisotopic (exact) mass is 300 g/mol. The van der Waals surface area contributed by atoms with E-state index in [9.17, 15) is 4.79 Å². The molecule has 0 aromatic carbocycles. The van der Waals surface area contributed by atoms with Crippen LogP contribution in [0, 0.1) is 0 Å². The van der Waals surface area contributed by atoms with Gasteiger partial charge >= 0.3 is 0 Å². The van der Waals surface area contributed by atoms with Gasteiger partial charge in [0.15, 0.2) is 0 Å². The van der Waals surface area contributed by atoms with E-state index in [1.54, 1.807) is 28.0 Å². The maximum Gasteiger partial charge on any atom is 0.274 e.